The first-order valence-electron chi connectivity index (χ1n) is 5.25. The Hall–Kier alpha value is -1.62. The van der Waals surface area contributed by atoms with E-state index in [2.05, 4.69) is 50.3 Å². The zero-order valence-corrected chi connectivity index (χ0v) is 11.0. The van der Waals surface area contributed by atoms with Crippen molar-refractivity contribution in [1.82, 2.24) is 9.97 Å². The van der Waals surface area contributed by atoms with Crippen molar-refractivity contribution in [2.24, 2.45) is 0 Å². The third kappa shape index (κ3) is 3.17. The van der Waals surface area contributed by atoms with Gasteiger partial charge >= 0.3 is 0 Å². The summed E-state index contributed by atoms with van der Waals surface area (Å²) in [5.41, 5.74) is 6.71. The third-order valence-electron chi connectivity index (χ3n) is 2.41. The van der Waals surface area contributed by atoms with Gasteiger partial charge in [0.2, 0.25) is 5.95 Å². The minimum absolute atomic E-state index is 0.164. The number of hydrogen-bond donors (Lipinski definition) is 2. The van der Waals surface area contributed by atoms with Crippen molar-refractivity contribution < 1.29 is 0 Å². The molecule has 1 heterocycles. The molecule has 0 amide bonds. The van der Waals surface area contributed by atoms with Gasteiger partial charge in [0, 0.05) is 16.7 Å². The highest BCUT2D eigenvalue weighted by Crippen LogP contribution is 2.20. The van der Waals surface area contributed by atoms with Gasteiger partial charge in [0.05, 0.1) is 0 Å². The summed E-state index contributed by atoms with van der Waals surface area (Å²) in [7, 11) is 0. The molecule has 0 radical (unpaired) electrons. The van der Waals surface area contributed by atoms with E-state index < -0.39 is 0 Å². The van der Waals surface area contributed by atoms with E-state index in [0.717, 1.165) is 10.3 Å². The molecule has 2 rings (SSSR count). The van der Waals surface area contributed by atoms with Crippen LogP contribution in [0.25, 0.3) is 0 Å². The average molecular weight is 293 g/mol. The largest absolute Gasteiger partial charge is 0.368 e. The Morgan fingerprint density at radius 2 is 1.94 bits per heavy atom. The van der Waals surface area contributed by atoms with Crippen LogP contribution >= 0.6 is 15.9 Å². The van der Waals surface area contributed by atoms with Crippen LogP contribution in [0, 0.1) is 0 Å². The highest BCUT2D eigenvalue weighted by atomic mass is 79.9. The Kier molecular flexibility index (Phi) is 3.58. The highest BCUT2D eigenvalue weighted by molar-refractivity contribution is 9.10. The van der Waals surface area contributed by atoms with Gasteiger partial charge in [-0.2, -0.15) is 4.98 Å². The Morgan fingerprint density at radius 3 is 2.59 bits per heavy atom. The van der Waals surface area contributed by atoms with Crippen LogP contribution in [0.1, 0.15) is 18.5 Å². The van der Waals surface area contributed by atoms with E-state index in [4.69, 9.17) is 5.73 Å². The number of aromatic nitrogens is 2. The molecule has 2 aromatic rings. The number of benzene rings is 1. The Labute approximate surface area is 108 Å². The predicted octanol–water partition coefficient (Wildman–Crippen LogP) is 2.99. The summed E-state index contributed by atoms with van der Waals surface area (Å²) in [5.74, 6) is 1.01. The summed E-state index contributed by atoms with van der Waals surface area (Å²) in [6.07, 6.45) is 1.64. The fourth-order valence-electron chi connectivity index (χ4n) is 1.51. The molecule has 1 atom stereocenters. The van der Waals surface area contributed by atoms with Gasteiger partial charge in [0.15, 0.2) is 0 Å². The first-order valence-corrected chi connectivity index (χ1v) is 6.05. The molecule has 0 aliphatic carbocycles. The van der Waals surface area contributed by atoms with Crippen molar-refractivity contribution >= 4 is 27.7 Å². The molecule has 88 valence electrons. The highest BCUT2D eigenvalue weighted by Gasteiger charge is 2.05. The van der Waals surface area contributed by atoms with Crippen LogP contribution in [0.5, 0.6) is 0 Å². The zero-order chi connectivity index (χ0) is 12.3. The number of hydrogen-bond acceptors (Lipinski definition) is 4. The molecule has 0 saturated heterocycles. The number of rotatable bonds is 3. The smallest absolute Gasteiger partial charge is 0.221 e. The summed E-state index contributed by atoms with van der Waals surface area (Å²) in [6, 6.07) is 10.1. The summed E-state index contributed by atoms with van der Waals surface area (Å²) in [4.78, 5) is 7.95. The summed E-state index contributed by atoms with van der Waals surface area (Å²) < 4.78 is 1.07. The van der Waals surface area contributed by atoms with Gasteiger partial charge < -0.3 is 11.1 Å². The molecule has 0 fully saturated rings. The van der Waals surface area contributed by atoms with E-state index in [1.54, 1.807) is 12.3 Å². The number of nitrogens with zero attached hydrogens (tertiary/aromatic N) is 2. The lowest BCUT2D eigenvalue weighted by atomic mass is 10.1. The molecular weight excluding hydrogens is 280 g/mol. The number of nitrogen functional groups attached to an aromatic ring is 1. The quantitative estimate of drug-likeness (QED) is 0.913. The maximum absolute atomic E-state index is 5.52. The predicted molar refractivity (Wildman–Crippen MR) is 72.6 cm³/mol. The van der Waals surface area contributed by atoms with E-state index in [1.165, 1.54) is 5.56 Å². The molecule has 3 N–H and O–H groups in total. The van der Waals surface area contributed by atoms with Crippen molar-refractivity contribution in [3.63, 3.8) is 0 Å². The van der Waals surface area contributed by atoms with Crippen LogP contribution in [0.4, 0.5) is 11.8 Å². The monoisotopic (exact) mass is 292 g/mol. The van der Waals surface area contributed by atoms with Gasteiger partial charge in [-0.05, 0) is 30.7 Å². The number of nitrogens with two attached hydrogens (primary N) is 1. The number of nitrogens with one attached hydrogen (secondary N) is 1. The zero-order valence-electron chi connectivity index (χ0n) is 9.39. The van der Waals surface area contributed by atoms with Gasteiger partial charge in [0.1, 0.15) is 5.82 Å². The van der Waals surface area contributed by atoms with E-state index in [0.29, 0.717) is 0 Å². The van der Waals surface area contributed by atoms with Crippen molar-refractivity contribution in [2.75, 3.05) is 11.1 Å². The fourth-order valence-corrected chi connectivity index (χ4v) is 1.78. The second-order valence-corrected chi connectivity index (χ2v) is 4.63. The lowest BCUT2D eigenvalue weighted by Gasteiger charge is -2.14. The summed E-state index contributed by atoms with van der Waals surface area (Å²) >= 11 is 3.41. The molecule has 1 aromatic heterocycles. The second kappa shape index (κ2) is 5.14. The molecule has 4 nitrogen and oxygen atoms in total. The van der Waals surface area contributed by atoms with Gasteiger partial charge in [-0.3, -0.25) is 0 Å². The molecule has 1 unspecified atom stereocenters. The Balaban J connectivity index is 2.11. The molecule has 0 bridgehead atoms. The topological polar surface area (TPSA) is 63.8 Å². The first kappa shape index (κ1) is 11.9. The SMILES string of the molecule is CC(Nc1ccnc(N)n1)c1ccc(Br)cc1. The molecular formula is C12H13BrN4. The summed E-state index contributed by atoms with van der Waals surface area (Å²) in [6.45, 7) is 2.07. The molecule has 0 aliphatic heterocycles. The van der Waals surface area contributed by atoms with E-state index in [9.17, 15) is 0 Å². The lowest BCUT2D eigenvalue weighted by Crippen LogP contribution is -2.08. The van der Waals surface area contributed by atoms with E-state index in [1.807, 2.05) is 12.1 Å². The minimum atomic E-state index is 0.164. The van der Waals surface area contributed by atoms with Crippen LogP contribution < -0.4 is 11.1 Å². The first-order chi connectivity index (χ1) is 8.15. The Bertz CT molecular complexity index is 498. The lowest BCUT2D eigenvalue weighted by molar-refractivity contribution is 0.872. The van der Waals surface area contributed by atoms with E-state index in [-0.39, 0.29) is 12.0 Å². The van der Waals surface area contributed by atoms with Crippen LogP contribution in [0.15, 0.2) is 41.0 Å². The van der Waals surface area contributed by atoms with Crippen LogP contribution in [0.2, 0.25) is 0 Å². The molecule has 0 saturated carbocycles. The van der Waals surface area contributed by atoms with Gasteiger partial charge in [-0.15, -0.1) is 0 Å². The number of halogens is 1. The normalized spacial score (nSPS) is 12.1. The molecule has 17 heavy (non-hydrogen) atoms. The maximum Gasteiger partial charge on any atom is 0.221 e. The van der Waals surface area contributed by atoms with Crippen LogP contribution in [-0.4, -0.2) is 9.97 Å². The van der Waals surface area contributed by atoms with Crippen LogP contribution in [0.3, 0.4) is 0 Å². The Morgan fingerprint density at radius 1 is 1.24 bits per heavy atom. The molecule has 5 heteroatoms. The van der Waals surface area contributed by atoms with Crippen molar-refractivity contribution in [2.45, 2.75) is 13.0 Å². The molecule has 0 spiro atoms. The second-order valence-electron chi connectivity index (χ2n) is 3.72. The fraction of sp³-hybridized carbons (Fsp3) is 0.167. The van der Waals surface area contributed by atoms with Crippen molar-refractivity contribution in [3.05, 3.63) is 46.6 Å². The maximum atomic E-state index is 5.52. The average Bonchev–Trinajstić information content (AvgIpc) is 2.29. The summed E-state index contributed by atoms with van der Waals surface area (Å²) in [5, 5.41) is 3.27. The standard InChI is InChI=1S/C12H13BrN4/c1-8(9-2-4-10(13)5-3-9)16-11-6-7-15-12(14)17-11/h2-8H,1H3,(H3,14,15,16,17). The van der Waals surface area contributed by atoms with Crippen molar-refractivity contribution in [3.8, 4) is 0 Å². The number of anilines is 2. The van der Waals surface area contributed by atoms with Gasteiger partial charge in [-0.1, -0.05) is 28.1 Å². The van der Waals surface area contributed by atoms with Crippen molar-refractivity contribution in [1.29, 1.82) is 0 Å². The van der Waals surface area contributed by atoms with Crippen LogP contribution in [-0.2, 0) is 0 Å². The minimum Gasteiger partial charge on any atom is -0.368 e. The van der Waals surface area contributed by atoms with Gasteiger partial charge in [0.25, 0.3) is 0 Å². The van der Waals surface area contributed by atoms with E-state index >= 15 is 0 Å². The molecule has 1 aromatic carbocycles. The van der Waals surface area contributed by atoms with Gasteiger partial charge in [-0.25, -0.2) is 4.98 Å². The third-order valence-corrected chi connectivity index (χ3v) is 2.94. The molecule has 0 aliphatic rings.